The lowest BCUT2D eigenvalue weighted by Crippen LogP contribution is -2.11. The monoisotopic (exact) mass is 349 g/mol. The van der Waals surface area contributed by atoms with Crippen molar-refractivity contribution >= 4 is 16.6 Å². The van der Waals surface area contributed by atoms with Crippen LogP contribution in [0, 0.1) is 20.8 Å². The fraction of sp³-hybridized carbons (Fsp3) is 0.120. The van der Waals surface area contributed by atoms with E-state index < -0.39 is 0 Å². The molecule has 0 saturated heterocycles. The third kappa shape index (κ3) is 2.33. The molecule has 5 rings (SSSR count). The first-order chi connectivity index (χ1) is 13.0. The van der Waals surface area contributed by atoms with Crippen molar-refractivity contribution in [3.8, 4) is 22.4 Å². The number of ketones is 1. The summed E-state index contributed by atoms with van der Waals surface area (Å²) in [6.07, 6.45) is 1.93. The Morgan fingerprint density at radius 1 is 0.704 bits per heavy atom. The second-order valence-electron chi connectivity index (χ2n) is 7.50. The maximum Gasteiger partial charge on any atom is 0.194 e. The molecule has 0 atom stereocenters. The average molecular weight is 349 g/mol. The Balaban J connectivity index is 1.88. The van der Waals surface area contributed by atoms with Crippen molar-refractivity contribution in [3.63, 3.8) is 0 Å². The third-order valence-electron chi connectivity index (χ3n) is 5.36. The van der Waals surface area contributed by atoms with Crippen molar-refractivity contribution in [2.75, 3.05) is 0 Å². The molecule has 3 aromatic carbocycles. The molecule has 0 unspecified atom stereocenters. The van der Waals surface area contributed by atoms with E-state index in [0.29, 0.717) is 0 Å². The zero-order valence-corrected chi connectivity index (χ0v) is 15.6. The summed E-state index contributed by atoms with van der Waals surface area (Å²) >= 11 is 0. The van der Waals surface area contributed by atoms with Crippen LogP contribution in [0.3, 0.4) is 0 Å². The van der Waals surface area contributed by atoms with E-state index in [1.807, 2.05) is 37.4 Å². The van der Waals surface area contributed by atoms with Crippen molar-refractivity contribution < 1.29 is 4.79 Å². The van der Waals surface area contributed by atoms with Gasteiger partial charge in [-0.1, -0.05) is 53.1 Å². The number of aryl methyl sites for hydroxylation is 3. The van der Waals surface area contributed by atoms with Crippen LogP contribution in [0.25, 0.3) is 33.2 Å². The van der Waals surface area contributed by atoms with Gasteiger partial charge in [0.25, 0.3) is 0 Å². The predicted molar refractivity (Wildman–Crippen MR) is 110 cm³/mol. The molecule has 0 fully saturated rings. The summed E-state index contributed by atoms with van der Waals surface area (Å²) in [5.74, 6) is 0.101. The number of hydrogen-bond acceptors (Lipinski definition) is 2. The Hall–Kier alpha value is -3.26. The number of nitrogens with zero attached hydrogens (tertiary/aromatic N) is 1. The van der Waals surface area contributed by atoms with Gasteiger partial charge in [0.2, 0.25) is 0 Å². The Bertz CT molecular complexity index is 1250. The molecule has 27 heavy (non-hydrogen) atoms. The first-order valence-corrected chi connectivity index (χ1v) is 9.19. The number of hydrogen-bond donors (Lipinski definition) is 0. The lowest BCUT2D eigenvalue weighted by Gasteiger charge is -2.21. The average Bonchev–Trinajstić information content (AvgIpc) is 2.65. The molecule has 1 heterocycles. The van der Waals surface area contributed by atoms with Crippen molar-refractivity contribution in [1.82, 2.24) is 4.98 Å². The van der Waals surface area contributed by atoms with Crippen molar-refractivity contribution in [2.24, 2.45) is 0 Å². The SMILES string of the molecule is Cc1cc(C)cc(-c2ncc3c4c(cccc24)C(=O)c2cc(C)ccc2-3)c1. The number of carbonyl (C=O) groups excluding carboxylic acids is 1. The van der Waals surface area contributed by atoms with Gasteiger partial charge in [-0.2, -0.15) is 0 Å². The second kappa shape index (κ2) is 5.62. The van der Waals surface area contributed by atoms with E-state index in [-0.39, 0.29) is 5.78 Å². The predicted octanol–water partition coefficient (Wildman–Crippen LogP) is 6.04. The Morgan fingerprint density at radius 2 is 1.48 bits per heavy atom. The number of carbonyl (C=O) groups is 1. The van der Waals surface area contributed by atoms with Crippen LogP contribution in [0.15, 0.2) is 60.8 Å². The normalized spacial score (nSPS) is 12.3. The van der Waals surface area contributed by atoms with E-state index in [4.69, 9.17) is 4.98 Å². The van der Waals surface area contributed by atoms with E-state index in [1.54, 1.807) is 0 Å². The zero-order valence-electron chi connectivity index (χ0n) is 15.6. The smallest absolute Gasteiger partial charge is 0.194 e. The van der Waals surface area contributed by atoms with Crippen LogP contribution in [-0.4, -0.2) is 10.8 Å². The molecule has 0 N–H and O–H groups in total. The number of aromatic nitrogens is 1. The summed E-state index contributed by atoms with van der Waals surface area (Å²) in [6.45, 7) is 6.22. The lowest BCUT2D eigenvalue weighted by molar-refractivity contribution is 0.104. The highest BCUT2D eigenvalue weighted by Crippen LogP contribution is 2.42. The number of pyridine rings is 1. The lowest BCUT2D eigenvalue weighted by atomic mass is 9.82. The minimum absolute atomic E-state index is 0.101. The highest BCUT2D eigenvalue weighted by atomic mass is 16.1. The fourth-order valence-electron chi connectivity index (χ4n) is 4.26. The summed E-state index contributed by atoms with van der Waals surface area (Å²) < 4.78 is 0. The molecule has 0 amide bonds. The maximum atomic E-state index is 13.2. The molecule has 0 radical (unpaired) electrons. The fourth-order valence-corrected chi connectivity index (χ4v) is 4.26. The number of rotatable bonds is 1. The van der Waals surface area contributed by atoms with Gasteiger partial charge in [-0.15, -0.1) is 0 Å². The number of benzene rings is 3. The first-order valence-electron chi connectivity index (χ1n) is 9.19. The maximum absolute atomic E-state index is 13.2. The topological polar surface area (TPSA) is 30.0 Å². The summed E-state index contributed by atoms with van der Waals surface area (Å²) in [4.78, 5) is 18.0. The van der Waals surface area contributed by atoms with E-state index in [1.165, 1.54) is 11.1 Å². The van der Waals surface area contributed by atoms with Crippen LogP contribution in [0.2, 0.25) is 0 Å². The molecule has 1 aliphatic carbocycles. The van der Waals surface area contributed by atoms with Crippen molar-refractivity contribution in [3.05, 3.63) is 88.6 Å². The van der Waals surface area contributed by atoms with Gasteiger partial charge in [-0.05, 0) is 44.5 Å². The molecule has 0 saturated carbocycles. The Morgan fingerprint density at radius 3 is 2.26 bits per heavy atom. The van der Waals surface area contributed by atoms with E-state index in [2.05, 4.69) is 44.2 Å². The third-order valence-corrected chi connectivity index (χ3v) is 5.36. The van der Waals surface area contributed by atoms with E-state index in [0.717, 1.165) is 49.8 Å². The zero-order chi connectivity index (χ0) is 18.7. The van der Waals surface area contributed by atoms with Gasteiger partial charge in [0.15, 0.2) is 5.78 Å². The van der Waals surface area contributed by atoms with Gasteiger partial charge in [0.05, 0.1) is 5.69 Å². The van der Waals surface area contributed by atoms with Gasteiger partial charge in [-0.25, -0.2) is 0 Å². The molecule has 2 nitrogen and oxygen atoms in total. The molecule has 4 aromatic rings. The minimum Gasteiger partial charge on any atom is -0.289 e. The van der Waals surface area contributed by atoms with Crippen LogP contribution >= 0.6 is 0 Å². The summed E-state index contributed by atoms with van der Waals surface area (Å²) in [7, 11) is 0. The number of fused-ring (bicyclic) bond motifs is 2. The molecule has 0 aliphatic heterocycles. The molecule has 0 spiro atoms. The first kappa shape index (κ1) is 16.0. The van der Waals surface area contributed by atoms with E-state index >= 15 is 0 Å². The van der Waals surface area contributed by atoms with Gasteiger partial charge in [0.1, 0.15) is 0 Å². The highest BCUT2D eigenvalue weighted by Gasteiger charge is 2.26. The molecule has 2 heteroatoms. The van der Waals surface area contributed by atoms with E-state index in [9.17, 15) is 4.79 Å². The summed E-state index contributed by atoms with van der Waals surface area (Å²) in [6, 6.07) is 18.6. The minimum atomic E-state index is 0.101. The summed E-state index contributed by atoms with van der Waals surface area (Å²) in [5.41, 5.74) is 9.12. The largest absolute Gasteiger partial charge is 0.289 e. The van der Waals surface area contributed by atoms with Crippen LogP contribution in [0.5, 0.6) is 0 Å². The van der Waals surface area contributed by atoms with Gasteiger partial charge in [-0.3, -0.25) is 9.78 Å². The van der Waals surface area contributed by atoms with Crippen molar-refractivity contribution in [2.45, 2.75) is 20.8 Å². The van der Waals surface area contributed by atoms with Gasteiger partial charge >= 0.3 is 0 Å². The molecule has 1 aromatic heterocycles. The van der Waals surface area contributed by atoms with Crippen LogP contribution in [-0.2, 0) is 0 Å². The van der Waals surface area contributed by atoms with Crippen molar-refractivity contribution in [1.29, 1.82) is 0 Å². The molecular weight excluding hydrogens is 330 g/mol. The van der Waals surface area contributed by atoms with Crippen LogP contribution in [0.1, 0.15) is 32.6 Å². The second-order valence-corrected chi connectivity index (χ2v) is 7.50. The van der Waals surface area contributed by atoms with Crippen LogP contribution < -0.4 is 0 Å². The molecular formula is C25H19NO. The van der Waals surface area contributed by atoms with Gasteiger partial charge < -0.3 is 0 Å². The van der Waals surface area contributed by atoms with Gasteiger partial charge in [0, 0.05) is 39.2 Å². The van der Waals surface area contributed by atoms with Crippen LogP contribution in [0.4, 0.5) is 0 Å². The molecule has 1 aliphatic rings. The Labute approximate surface area is 158 Å². The molecule has 0 bridgehead atoms. The molecule has 130 valence electrons. The highest BCUT2D eigenvalue weighted by molar-refractivity contribution is 6.26. The Kier molecular flexibility index (Phi) is 3.32. The standard InChI is InChI=1S/C25H19NO/c1-14-7-8-18-21(12-14)25(27)20-6-4-5-19-23(20)22(18)13-26-24(19)17-10-15(2)9-16(3)11-17/h4-13H,1-3H3. The quantitative estimate of drug-likeness (QED) is 0.369. The summed E-state index contributed by atoms with van der Waals surface area (Å²) in [5, 5.41) is 2.05.